The second-order valence-electron chi connectivity index (χ2n) is 11.4. The highest BCUT2D eigenvalue weighted by Gasteiger charge is 2.45. The minimum Gasteiger partial charge on any atom is -0.487 e. The van der Waals surface area contributed by atoms with Crippen LogP contribution < -0.4 is 10.1 Å². The highest BCUT2D eigenvalue weighted by molar-refractivity contribution is 7.17. The van der Waals surface area contributed by atoms with Crippen molar-refractivity contribution in [1.29, 1.82) is 0 Å². The summed E-state index contributed by atoms with van der Waals surface area (Å²) in [5.74, 6) is 0.351. The van der Waals surface area contributed by atoms with E-state index in [9.17, 15) is 14.0 Å². The number of ether oxygens (including phenoxy) is 1. The molecule has 0 spiro atoms. The first-order chi connectivity index (χ1) is 21.9. The average molecular weight is 623 g/mol. The van der Waals surface area contributed by atoms with Gasteiger partial charge in [-0.3, -0.25) is 19.6 Å². The summed E-state index contributed by atoms with van der Waals surface area (Å²) in [5.41, 5.74) is 4.81. The van der Waals surface area contributed by atoms with E-state index in [2.05, 4.69) is 20.5 Å². The maximum absolute atomic E-state index is 13.9. The molecule has 1 aromatic carbocycles. The number of aromatic nitrogens is 4. The van der Waals surface area contributed by atoms with Gasteiger partial charge in [0.15, 0.2) is 0 Å². The van der Waals surface area contributed by atoms with Crippen LogP contribution in [0.3, 0.4) is 0 Å². The number of nitrogens with one attached hydrogen (secondary N) is 1. The van der Waals surface area contributed by atoms with Gasteiger partial charge in [0.25, 0.3) is 11.8 Å². The Bertz CT molecular complexity index is 1970. The van der Waals surface area contributed by atoms with Gasteiger partial charge in [0, 0.05) is 35.8 Å². The fourth-order valence-electron chi connectivity index (χ4n) is 6.60. The molecule has 1 saturated heterocycles. The normalized spacial score (nSPS) is 18.2. The number of rotatable bonds is 7. The molecule has 2 atom stereocenters. The van der Waals surface area contributed by atoms with E-state index in [1.807, 2.05) is 23.1 Å². The topological polar surface area (TPSA) is 123 Å². The SMILES string of the molecule is Cc1nnc(-c2c(COc3ccc(F)cc3)nc3c(c2-c2ccc(C(=O)NC4CCc5ncccc54)s2)C(=O)N2CCC[C@@H]32)o1. The Morgan fingerprint density at radius 2 is 1.98 bits per heavy atom. The molecule has 0 saturated carbocycles. The fraction of sp³-hybridized carbons (Fsp3) is 0.273. The van der Waals surface area contributed by atoms with Crippen LogP contribution in [0.5, 0.6) is 5.75 Å². The highest BCUT2D eigenvalue weighted by Crippen LogP contribution is 2.49. The molecule has 1 aliphatic carbocycles. The number of carbonyl (C=O) groups is 2. The zero-order valence-electron chi connectivity index (χ0n) is 24.2. The van der Waals surface area contributed by atoms with Crippen LogP contribution in [0.2, 0.25) is 0 Å². The molecule has 12 heteroatoms. The van der Waals surface area contributed by atoms with Crippen LogP contribution in [0, 0.1) is 12.7 Å². The molecule has 4 aromatic heterocycles. The van der Waals surface area contributed by atoms with E-state index in [1.165, 1.54) is 23.5 Å². The molecule has 2 amide bonds. The standard InChI is InChI=1S/C33H27FN6O4S/c1-17-38-39-32(44-17)27-23(16-43-19-8-6-18(34)7-9-19)36-30-24-5-3-15-40(24)33(42)29(30)28(27)25-12-13-26(45-25)31(41)37-22-11-10-21-20(22)4-2-14-35-21/h2,4,6-9,12-14,22,24H,3,5,10-11,15-16H2,1H3,(H,37,41)/t22?,24-/m0/s1. The number of hydrogen-bond donors (Lipinski definition) is 1. The summed E-state index contributed by atoms with van der Waals surface area (Å²) in [5, 5.41) is 11.5. The Kier molecular flexibility index (Phi) is 6.67. The number of halogens is 1. The lowest BCUT2D eigenvalue weighted by Gasteiger charge is -2.16. The Balaban J connectivity index is 1.23. The maximum Gasteiger partial charge on any atom is 0.261 e. The Morgan fingerprint density at radius 3 is 2.80 bits per heavy atom. The molecule has 1 N–H and O–H groups in total. The third-order valence-electron chi connectivity index (χ3n) is 8.62. The van der Waals surface area contributed by atoms with Crippen molar-refractivity contribution in [1.82, 2.24) is 30.4 Å². The molecule has 226 valence electrons. The van der Waals surface area contributed by atoms with Crippen LogP contribution in [-0.4, -0.2) is 43.4 Å². The number of aryl methyl sites for hydroxylation is 2. The number of amides is 2. The predicted octanol–water partition coefficient (Wildman–Crippen LogP) is 5.99. The predicted molar refractivity (Wildman–Crippen MR) is 162 cm³/mol. The molecule has 2 aliphatic heterocycles. The molecule has 1 unspecified atom stereocenters. The number of nitrogens with zero attached hydrogens (tertiary/aromatic N) is 5. The van der Waals surface area contributed by atoms with E-state index in [-0.39, 0.29) is 42.2 Å². The summed E-state index contributed by atoms with van der Waals surface area (Å²) in [6.07, 6.45) is 5.07. The van der Waals surface area contributed by atoms with E-state index in [4.69, 9.17) is 14.1 Å². The number of benzene rings is 1. The van der Waals surface area contributed by atoms with Crippen molar-refractivity contribution >= 4 is 23.2 Å². The molecule has 5 aromatic rings. The molecule has 1 fully saturated rings. The second kappa shape index (κ2) is 10.9. The largest absolute Gasteiger partial charge is 0.487 e. The van der Waals surface area contributed by atoms with Crippen molar-refractivity contribution < 1.29 is 23.1 Å². The van der Waals surface area contributed by atoms with E-state index in [0.29, 0.717) is 56.0 Å². The van der Waals surface area contributed by atoms with Gasteiger partial charge in [-0.15, -0.1) is 21.5 Å². The lowest BCUT2D eigenvalue weighted by Crippen LogP contribution is -2.26. The summed E-state index contributed by atoms with van der Waals surface area (Å²) in [4.78, 5) is 40.0. The number of pyridine rings is 2. The zero-order valence-corrected chi connectivity index (χ0v) is 25.1. The van der Waals surface area contributed by atoms with E-state index in [1.54, 1.807) is 31.3 Å². The van der Waals surface area contributed by atoms with Crippen LogP contribution in [0.1, 0.15) is 79.9 Å². The number of thiophene rings is 1. The molecule has 0 radical (unpaired) electrons. The number of carbonyl (C=O) groups excluding carboxylic acids is 2. The summed E-state index contributed by atoms with van der Waals surface area (Å²) in [6, 6.07) is 13.0. The highest BCUT2D eigenvalue weighted by atomic mass is 32.1. The van der Waals surface area contributed by atoms with Crippen molar-refractivity contribution in [3.63, 3.8) is 0 Å². The maximum atomic E-state index is 13.9. The van der Waals surface area contributed by atoms with Gasteiger partial charge in [-0.05, 0) is 73.7 Å². The van der Waals surface area contributed by atoms with Gasteiger partial charge in [-0.1, -0.05) is 6.07 Å². The first-order valence-corrected chi connectivity index (χ1v) is 15.7. The van der Waals surface area contributed by atoms with Crippen LogP contribution >= 0.6 is 11.3 Å². The number of hydrogen-bond acceptors (Lipinski definition) is 9. The molecule has 10 nitrogen and oxygen atoms in total. The fourth-order valence-corrected chi connectivity index (χ4v) is 7.56. The summed E-state index contributed by atoms with van der Waals surface area (Å²) >= 11 is 1.30. The second-order valence-corrected chi connectivity index (χ2v) is 12.4. The minimum absolute atomic E-state index is 0.0113. The van der Waals surface area contributed by atoms with Gasteiger partial charge in [-0.2, -0.15) is 0 Å². The van der Waals surface area contributed by atoms with Crippen molar-refractivity contribution in [3.05, 3.63) is 99.5 Å². The van der Waals surface area contributed by atoms with Gasteiger partial charge in [0.05, 0.1) is 39.5 Å². The van der Waals surface area contributed by atoms with Crippen molar-refractivity contribution in [3.8, 4) is 27.6 Å². The van der Waals surface area contributed by atoms with Gasteiger partial charge in [0.1, 0.15) is 18.2 Å². The lowest BCUT2D eigenvalue weighted by molar-refractivity contribution is 0.0776. The summed E-state index contributed by atoms with van der Waals surface area (Å²) in [6.45, 7) is 2.35. The molecule has 6 heterocycles. The first kappa shape index (κ1) is 27.6. The lowest BCUT2D eigenvalue weighted by atomic mass is 9.95. The Labute approximate surface area is 261 Å². The van der Waals surface area contributed by atoms with Gasteiger partial charge in [-0.25, -0.2) is 4.39 Å². The minimum atomic E-state index is -0.367. The van der Waals surface area contributed by atoms with Crippen LogP contribution in [0.25, 0.3) is 21.9 Å². The summed E-state index contributed by atoms with van der Waals surface area (Å²) in [7, 11) is 0. The zero-order chi connectivity index (χ0) is 30.7. The Morgan fingerprint density at radius 1 is 1.11 bits per heavy atom. The molecule has 3 aliphatic rings. The molecule has 45 heavy (non-hydrogen) atoms. The van der Waals surface area contributed by atoms with E-state index >= 15 is 0 Å². The molecule has 8 rings (SSSR count). The van der Waals surface area contributed by atoms with Crippen molar-refractivity contribution in [2.45, 2.75) is 51.3 Å². The first-order valence-electron chi connectivity index (χ1n) is 14.9. The molecular formula is C33H27FN6O4S. The van der Waals surface area contributed by atoms with Crippen LogP contribution in [0.15, 0.2) is 59.1 Å². The average Bonchev–Trinajstić information content (AvgIpc) is 3.88. The van der Waals surface area contributed by atoms with Crippen LogP contribution in [0.4, 0.5) is 4.39 Å². The summed E-state index contributed by atoms with van der Waals surface area (Å²) < 4.78 is 25.6. The van der Waals surface area contributed by atoms with E-state index < -0.39 is 0 Å². The van der Waals surface area contributed by atoms with E-state index in [0.717, 1.165) is 36.9 Å². The van der Waals surface area contributed by atoms with Gasteiger partial charge < -0.3 is 19.4 Å². The van der Waals surface area contributed by atoms with Gasteiger partial charge >= 0.3 is 0 Å². The van der Waals surface area contributed by atoms with Crippen molar-refractivity contribution in [2.24, 2.45) is 0 Å². The van der Waals surface area contributed by atoms with Crippen LogP contribution in [-0.2, 0) is 13.0 Å². The molecular weight excluding hydrogens is 595 g/mol. The third-order valence-corrected chi connectivity index (χ3v) is 9.73. The van der Waals surface area contributed by atoms with Gasteiger partial charge in [0.2, 0.25) is 11.8 Å². The number of fused-ring (bicyclic) bond motifs is 4. The quantitative estimate of drug-likeness (QED) is 0.235. The Hall–Kier alpha value is -4.97. The van der Waals surface area contributed by atoms with Crippen molar-refractivity contribution in [2.75, 3.05) is 6.54 Å². The third kappa shape index (κ3) is 4.76. The smallest absolute Gasteiger partial charge is 0.261 e. The monoisotopic (exact) mass is 622 g/mol. The molecule has 0 bridgehead atoms.